The van der Waals surface area contributed by atoms with E-state index in [1.54, 1.807) is 19.1 Å². The van der Waals surface area contributed by atoms with Crippen LogP contribution in [0, 0.1) is 12.3 Å². The number of nitrogens with zero attached hydrogens (tertiary/aromatic N) is 2. The average Bonchev–Trinajstić information content (AvgIpc) is 2.80. The van der Waals surface area contributed by atoms with E-state index >= 15 is 0 Å². The molecule has 0 aliphatic carbocycles. The quantitative estimate of drug-likeness (QED) is 0.586. The number of phenols is 1. The van der Waals surface area contributed by atoms with Gasteiger partial charge in [0.2, 0.25) is 0 Å². The van der Waals surface area contributed by atoms with Crippen molar-refractivity contribution in [1.29, 1.82) is 0 Å². The van der Waals surface area contributed by atoms with Gasteiger partial charge in [0.15, 0.2) is 11.5 Å². The first-order chi connectivity index (χ1) is 16.6. The molecule has 0 bridgehead atoms. The fourth-order valence-electron chi connectivity index (χ4n) is 5.79. The van der Waals surface area contributed by atoms with Crippen LogP contribution in [0.25, 0.3) is 0 Å². The molecule has 2 fully saturated rings. The molecule has 35 heavy (non-hydrogen) atoms. The van der Waals surface area contributed by atoms with Crippen LogP contribution in [0.2, 0.25) is 0 Å². The second-order valence-electron chi connectivity index (χ2n) is 10.9. The molecular weight excluding hydrogens is 443 g/mol. The Morgan fingerprint density at radius 2 is 1.83 bits per heavy atom. The van der Waals surface area contributed by atoms with Gasteiger partial charge in [-0.15, -0.1) is 0 Å². The summed E-state index contributed by atoms with van der Waals surface area (Å²) < 4.78 is 19.6. The van der Waals surface area contributed by atoms with Crippen LogP contribution in [0.4, 0.5) is 4.39 Å². The van der Waals surface area contributed by atoms with Crippen molar-refractivity contribution >= 4 is 5.91 Å². The van der Waals surface area contributed by atoms with Gasteiger partial charge in [0.05, 0.1) is 6.10 Å². The highest BCUT2D eigenvalue weighted by atomic mass is 19.1. The first-order valence-corrected chi connectivity index (χ1v) is 12.9. The summed E-state index contributed by atoms with van der Waals surface area (Å²) in [5.74, 6) is 0.685. The van der Waals surface area contributed by atoms with Crippen LogP contribution in [-0.2, 0) is 0 Å². The van der Waals surface area contributed by atoms with Gasteiger partial charge in [-0.25, -0.2) is 4.39 Å². The number of amides is 1. The normalized spacial score (nSPS) is 21.3. The van der Waals surface area contributed by atoms with Crippen LogP contribution >= 0.6 is 0 Å². The van der Waals surface area contributed by atoms with E-state index in [4.69, 9.17) is 4.74 Å². The van der Waals surface area contributed by atoms with Gasteiger partial charge in [0.1, 0.15) is 6.17 Å². The van der Waals surface area contributed by atoms with Crippen molar-refractivity contribution in [2.75, 3.05) is 32.7 Å². The number of hydrogen-bond donors (Lipinski definition) is 1. The van der Waals surface area contributed by atoms with E-state index in [1.165, 1.54) is 17.2 Å². The van der Waals surface area contributed by atoms with Gasteiger partial charge in [0, 0.05) is 38.3 Å². The molecule has 2 saturated heterocycles. The van der Waals surface area contributed by atoms with E-state index in [9.17, 15) is 14.3 Å². The summed E-state index contributed by atoms with van der Waals surface area (Å²) in [5, 5.41) is 10.3. The van der Waals surface area contributed by atoms with E-state index in [2.05, 4.69) is 36.1 Å². The minimum atomic E-state index is -0.860. The van der Waals surface area contributed by atoms with Crippen LogP contribution in [-0.4, -0.2) is 65.8 Å². The summed E-state index contributed by atoms with van der Waals surface area (Å²) in [6, 6.07) is 13.6. The molecule has 6 heteroatoms. The van der Waals surface area contributed by atoms with Gasteiger partial charge < -0.3 is 14.7 Å². The summed E-state index contributed by atoms with van der Waals surface area (Å²) in [6.07, 6.45) is 1.95. The second-order valence-corrected chi connectivity index (χ2v) is 10.9. The summed E-state index contributed by atoms with van der Waals surface area (Å²) >= 11 is 0. The third kappa shape index (κ3) is 6.16. The monoisotopic (exact) mass is 482 g/mol. The lowest BCUT2D eigenvalue weighted by Crippen LogP contribution is -2.53. The highest BCUT2D eigenvalue weighted by Gasteiger charge is 2.43. The molecule has 2 aliphatic heterocycles. The summed E-state index contributed by atoms with van der Waals surface area (Å²) in [6.45, 7) is 11.1. The molecule has 5 nitrogen and oxygen atoms in total. The Labute approximate surface area is 208 Å². The molecule has 2 aliphatic rings. The number of carbonyl (C=O) groups is 1. The Hall–Kier alpha value is -2.60. The maximum atomic E-state index is 14.0. The molecule has 1 amide bonds. The second kappa shape index (κ2) is 10.6. The van der Waals surface area contributed by atoms with Crippen molar-refractivity contribution in [3.05, 3.63) is 59.2 Å². The fraction of sp³-hybridized carbons (Fsp3) is 0.552. The van der Waals surface area contributed by atoms with Gasteiger partial charge in [-0.2, -0.15) is 0 Å². The Morgan fingerprint density at radius 1 is 1.14 bits per heavy atom. The molecule has 0 radical (unpaired) electrons. The number of aryl methyl sites for hydroxylation is 1. The van der Waals surface area contributed by atoms with Crippen molar-refractivity contribution in [1.82, 2.24) is 9.80 Å². The van der Waals surface area contributed by atoms with E-state index in [0.29, 0.717) is 36.9 Å². The zero-order chi connectivity index (χ0) is 25.2. The third-order valence-corrected chi connectivity index (χ3v) is 7.46. The molecule has 190 valence electrons. The van der Waals surface area contributed by atoms with Crippen LogP contribution in [0.1, 0.15) is 67.4 Å². The summed E-state index contributed by atoms with van der Waals surface area (Å²) in [7, 11) is 0. The lowest BCUT2D eigenvalue weighted by atomic mass is 9.68. The van der Waals surface area contributed by atoms with Crippen molar-refractivity contribution < 1.29 is 19.0 Å². The standard InChI is InChI=1S/C29H39FN2O3/c1-20(2)35-27-10-9-24(15-26(27)33)28(34)32-13-11-29(12-14-32)16-25(18-31(19-29)17-22(4)30)23-7-5-21(3)6-8-23/h5-10,15,20,22,25,33H,11-14,16-19H2,1-4H3. The average molecular weight is 483 g/mol. The van der Waals surface area contributed by atoms with Crippen molar-refractivity contribution in [2.24, 2.45) is 5.41 Å². The number of piperidine rings is 2. The third-order valence-electron chi connectivity index (χ3n) is 7.46. The molecule has 0 aromatic heterocycles. The number of carbonyl (C=O) groups excluding carboxylic acids is 1. The van der Waals surface area contributed by atoms with Gasteiger partial charge in [-0.3, -0.25) is 9.69 Å². The summed E-state index contributed by atoms with van der Waals surface area (Å²) in [4.78, 5) is 17.4. The number of alkyl halides is 1. The topological polar surface area (TPSA) is 53.0 Å². The van der Waals surface area contributed by atoms with Gasteiger partial charge in [-0.1, -0.05) is 29.8 Å². The lowest BCUT2D eigenvalue weighted by molar-refractivity contribution is 0.00781. The minimum absolute atomic E-state index is 0.0118. The molecule has 2 aromatic rings. The zero-order valence-corrected chi connectivity index (χ0v) is 21.5. The Morgan fingerprint density at radius 3 is 2.43 bits per heavy atom. The zero-order valence-electron chi connectivity index (χ0n) is 21.5. The Balaban J connectivity index is 1.46. The van der Waals surface area contributed by atoms with Gasteiger partial charge >= 0.3 is 0 Å². The molecule has 2 aromatic carbocycles. The fourth-order valence-corrected chi connectivity index (χ4v) is 5.79. The molecular formula is C29H39FN2O3. The van der Waals surface area contributed by atoms with E-state index in [0.717, 1.165) is 32.4 Å². The number of benzene rings is 2. The van der Waals surface area contributed by atoms with Crippen LogP contribution < -0.4 is 4.74 Å². The van der Waals surface area contributed by atoms with E-state index < -0.39 is 6.17 Å². The maximum absolute atomic E-state index is 14.0. The number of aromatic hydroxyl groups is 1. The Bertz CT molecular complexity index is 1010. The minimum Gasteiger partial charge on any atom is -0.504 e. The molecule has 4 rings (SSSR count). The Kier molecular flexibility index (Phi) is 7.70. The predicted octanol–water partition coefficient (Wildman–Crippen LogP) is 5.56. The van der Waals surface area contributed by atoms with Crippen molar-refractivity contribution in [3.8, 4) is 11.5 Å². The van der Waals surface area contributed by atoms with Crippen LogP contribution in [0.3, 0.4) is 0 Å². The number of ether oxygens (including phenoxy) is 1. The SMILES string of the molecule is Cc1ccc(C2CN(CC(C)F)CC3(CCN(C(=O)c4ccc(OC(C)C)c(O)c4)CC3)C2)cc1. The first-order valence-electron chi connectivity index (χ1n) is 12.9. The molecule has 2 atom stereocenters. The van der Waals surface area contributed by atoms with Crippen LogP contribution in [0.5, 0.6) is 11.5 Å². The number of likely N-dealkylation sites (tertiary alicyclic amines) is 2. The van der Waals surface area contributed by atoms with Crippen LogP contribution in [0.15, 0.2) is 42.5 Å². The largest absolute Gasteiger partial charge is 0.504 e. The highest BCUT2D eigenvalue weighted by molar-refractivity contribution is 5.95. The smallest absolute Gasteiger partial charge is 0.253 e. The maximum Gasteiger partial charge on any atom is 0.253 e. The van der Waals surface area contributed by atoms with Gasteiger partial charge in [-0.05, 0) is 82.1 Å². The van der Waals surface area contributed by atoms with E-state index in [-0.39, 0.29) is 23.2 Å². The number of halogens is 1. The number of rotatable bonds is 6. The lowest BCUT2D eigenvalue weighted by Gasteiger charge is -2.50. The van der Waals surface area contributed by atoms with Crippen molar-refractivity contribution in [3.63, 3.8) is 0 Å². The molecule has 1 spiro atoms. The first kappa shape index (κ1) is 25.5. The van der Waals surface area contributed by atoms with Gasteiger partial charge in [0.25, 0.3) is 5.91 Å². The van der Waals surface area contributed by atoms with E-state index in [1.807, 2.05) is 18.7 Å². The number of phenolic OH excluding ortho intramolecular Hbond substituents is 1. The summed E-state index contributed by atoms with van der Waals surface area (Å²) in [5.41, 5.74) is 3.12. The highest BCUT2D eigenvalue weighted by Crippen LogP contribution is 2.45. The molecule has 2 unspecified atom stereocenters. The predicted molar refractivity (Wildman–Crippen MR) is 137 cm³/mol. The molecule has 1 N–H and O–H groups in total. The number of hydrogen-bond acceptors (Lipinski definition) is 4. The molecule has 0 saturated carbocycles. The van der Waals surface area contributed by atoms with Crippen molar-refractivity contribution in [2.45, 2.75) is 65.2 Å². The molecule has 2 heterocycles.